The highest BCUT2D eigenvalue weighted by atomic mass is 16.5. The van der Waals surface area contributed by atoms with Gasteiger partial charge in [-0.25, -0.2) is 0 Å². The van der Waals surface area contributed by atoms with Crippen LogP contribution in [0, 0.1) is 23.2 Å². The Morgan fingerprint density at radius 1 is 1.27 bits per heavy atom. The zero-order valence-corrected chi connectivity index (χ0v) is 13.9. The molecule has 5 atom stereocenters. The monoisotopic (exact) mass is 302 g/mol. The summed E-state index contributed by atoms with van der Waals surface area (Å²) in [6, 6.07) is 8.16. The second-order valence-corrected chi connectivity index (χ2v) is 6.91. The van der Waals surface area contributed by atoms with E-state index in [4.69, 9.17) is 9.47 Å². The molecule has 1 fully saturated rings. The molecule has 0 unspecified atom stereocenters. The number of ether oxygens (including phenoxy) is 2. The minimum Gasteiger partial charge on any atom is -0.497 e. The van der Waals surface area contributed by atoms with E-state index in [1.54, 1.807) is 7.11 Å². The van der Waals surface area contributed by atoms with Crippen molar-refractivity contribution in [3.05, 3.63) is 41.5 Å². The Bertz CT molecular complexity index is 563. The van der Waals surface area contributed by atoms with Gasteiger partial charge in [-0.3, -0.25) is 0 Å². The van der Waals surface area contributed by atoms with E-state index < -0.39 is 0 Å². The summed E-state index contributed by atoms with van der Waals surface area (Å²) in [6.45, 7) is 7.47. The third-order valence-corrected chi connectivity index (χ3v) is 5.99. The van der Waals surface area contributed by atoms with Gasteiger partial charge in [0.1, 0.15) is 5.75 Å². The van der Waals surface area contributed by atoms with E-state index >= 15 is 0 Å². The van der Waals surface area contributed by atoms with E-state index in [1.165, 1.54) is 11.1 Å². The van der Waals surface area contributed by atoms with Crippen LogP contribution in [0.25, 0.3) is 0 Å². The fourth-order valence-electron chi connectivity index (χ4n) is 4.38. The molecule has 3 nitrogen and oxygen atoms in total. The molecule has 0 radical (unpaired) electrons. The van der Waals surface area contributed by atoms with Gasteiger partial charge in [-0.15, -0.1) is 0 Å². The molecule has 1 aliphatic heterocycles. The van der Waals surface area contributed by atoms with Crippen molar-refractivity contribution in [2.75, 3.05) is 20.3 Å². The number of rotatable bonds is 3. The van der Waals surface area contributed by atoms with Crippen LogP contribution in [0.15, 0.2) is 35.9 Å². The molecule has 3 rings (SSSR count). The van der Waals surface area contributed by atoms with E-state index in [2.05, 4.69) is 39.0 Å². The summed E-state index contributed by atoms with van der Waals surface area (Å²) < 4.78 is 11.5. The Hall–Kier alpha value is -1.32. The van der Waals surface area contributed by atoms with Gasteiger partial charge in [0, 0.05) is 11.3 Å². The average molecular weight is 302 g/mol. The van der Waals surface area contributed by atoms with E-state index in [-0.39, 0.29) is 18.1 Å². The second-order valence-electron chi connectivity index (χ2n) is 6.91. The number of aliphatic hydroxyl groups is 1. The number of fused-ring (bicyclic) bond motifs is 2. The lowest BCUT2D eigenvalue weighted by atomic mass is 9.56. The zero-order chi connectivity index (χ0) is 15.9. The summed E-state index contributed by atoms with van der Waals surface area (Å²) in [5.41, 5.74) is 2.42. The van der Waals surface area contributed by atoms with E-state index in [0.29, 0.717) is 24.4 Å². The highest BCUT2D eigenvalue weighted by molar-refractivity contribution is 5.32. The van der Waals surface area contributed by atoms with Crippen molar-refractivity contribution in [3.8, 4) is 5.75 Å². The van der Waals surface area contributed by atoms with E-state index in [9.17, 15) is 5.11 Å². The number of hydrogen-bond acceptors (Lipinski definition) is 3. The van der Waals surface area contributed by atoms with Crippen molar-refractivity contribution in [1.82, 2.24) is 0 Å². The molecule has 1 aromatic rings. The van der Waals surface area contributed by atoms with Crippen molar-refractivity contribution in [2.24, 2.45) is 23.2 Å². The maximum atomic E-state index is 10.0. The molecule has 3 heteroatoms. The summed E-state index contributed by atoms with van der Waals surface area (Å²) >= 11 is 0. The molecule has 2 bridgehead atoms. The minimum absolute atomic E-state index is 0.0596. The van der Waals surface area contributed by atoms with Gasteiger partial charge in [-0.05, 0) is 36.5 Å². The number of allylic oxidation sites excluding steroid dienone is 1. The second kappa shape index (κ2) is 5.71. The van der Waals surface area contributed by atoms with Crippen molar-refractivity contribution < 1.29 is 14.6 Å². The normalized spacial score (nSPS) is 37.6. The molecule has 1 heterocycles. The van der Waals surface area contributed by atoms with Gasteiger partial charge < -0.3 is 14.6 Å². The van der Waals surface area contributed by atoms with Gasteiger partial charge in [0.25, 0.3) is 0 Å². The van der Waals surface area contributed by atoms with Crippen LogP contribution in [0.2, 0.25) is 0 Å². The largest absolute Gasteiger partial charge is 0.497 e. The molecule has 0 spiro atoms. The third kappa shape index (κ3) is 2.19. The fraction of sp³-hybridized carbons (Fsp3) is 0.579. The SMILES string of the molecule is COc1ccc([C@H]2OC[C@@]3(CO)[C@H](C)[C@H]2C(C)=C[C@@H]3C)cc1. The number of methoxy groups -OCH3 is 1. The summed E-state index contributed by atoms with van der Waals surface area (Å²) in [4.78, 5) is 0. The van der Waals surface area contributed by atoms with Crippen LogP contribution >= 0.6 is 0 Å². The number of hydrogen-bond donors (Lipinski definition) is 1. The molecule has 0 saturated carbocycles. The maximum absolute atomic E-state index is 10.0. The first-order valence-electron chi connectivity index (χ1n) is 8.08. The quantitative estimate of drug-likeness (QED) is 0.867. The first-order chi connectivity index (χ1) is 10.5. The van der Waals surface area contributed by atoms with Gasteiger partial charge in [0.05, 0.1) is 26.4 Å². The molecular weight excluding hydrogens is 276 g/mol. The Morgan fingerprint density at radius 2 is 1.95 bits per heavy atom. The summed E-state index contributed by atoms with van der Waals surface area (Å²) in [5.74, 6) is 1.94. The summed E-state index contributed by atoms with van der Waals surface area (Å²) in [5, 5.41) is 10.0. The van der Waals surface area contributed by atoms with Gasteiger partial charge in [-0.1, -0.05) is 37.6 Å². The lowest BCUT2D eigenvalue weighted by Crippen LogP contribution is -2.53. The predicted octanol–water partition coefficient (Wildman–Crippen LogP) is 3.59. The van der Waals surface area contributed by atoms with Gasteiger partial charge >= 0.3 is 0 Å². The number of benzene rings is 1. The fourth-order valence-corrected chi connectivity index (χ4v) is 4.38. The molecule has 120 valence electrons. The standard InChI is InChI=1S/C19H26O3/c1-12-9-13(2)19(10-20)11-22-18(17(12)14(19)3)15-5-7-16(21-4)8-6-15/h5-9,13-14,17-18,20H,10-11H2,1-4H3/t13-,14+,17+,18+,19+/m0/s1. The molecule has 0 amide bonds. The molecular formula is C19H26O3. The lowest BCUT2D eigenvalue weighted by molar-refractivity contribution is -0.165. The van der Waals surface area contributed by atoms with E-state index in [1.807, 2.05) is 12.1 Å². The molecule has 0 aromatic heterocycles. The van der Waals surface area contributed by atoms with Crippen molar-refractivity contribution in [3.63, 3.8) is 0 Å². The Balaban J connectivity index is 1.97. The van der Waals surface area contributed by atoms with Crippen LogP contribution in [0.1, 0.15) is 32.4 Å². The zero-order valence-electron chi connectivity index (χ0n) is 13.9. The molecule has 2 aliphatic rings. The Kier molecular flexibility index (Phi) is 4.04. The van der Waals surface area contributed by atoms with E-state index in [0.717, 1.165) is 5.75 Å². The van der Waals surface area contributed by atoms with Crippen LogP contribution in [-0.4, -0.2) is 25.4 Å². The first kappa shape index (κ1) is 15.6. The first-order valence-corrected chi connectivity index (χ1v) is 8.08. The third-order valence-electron chi connectivity index (χ3n) is 5.99. The molecule has 1 N–H and O–H groups in total. The highest BCUT2D eigenvalue weighted by Crippen LogP contribution is 2.55. The maximum Gasteiger partial charge on any atom is 0.118 e. The molecule has 1 saturated heterocycles. The van der Waals surface area contributed by atoms with Crippen LogP contribution in [0.4, 0.5) is 0 Å². The van der Waals surface area contributed by atoms with Crippen LogP contribution in [0.3, 0.4) is 0 Å². The molecule has 1 aromatic carbocycles. The molecule has 1 aliphatic carbocycles. The lowest BCUT2D eigenvalue weighted by Gasteiger charge is -2.55. The predicted molar refractivity (Wildman–Crippen MR) is 86.8 cm³/mol. The molecule has 22 heavy (non-hydrogen) atoms. The van der Waals surface area contributed by atoms with Crippen molar-refractivity contribution in [2.45, 2.75) is 26.9 Å². The Labute approximate surface area is 132 Å². The van der Waals surface area contributed by atoms with Crippen LogP contribution in [-0.2, 0) is 4.74 Å². The van der Waals surface area contributed by atoms with Crippen molar-refractivity contribution >= 4 is 0 Å². The average Bonchev–Trinajstić information content (AvgIpc) is 2.53. The van der Waals surface area contributed by atoms with Gasteiger partial charge in [0.15, 0.2) is 0 Å². The van der Waals surface area contributed by atoms with Gasteiger partial charge in [-0.2, -0.15) is 0 Å². The smallest absolute Gasteiger partial charge is 0.118 e. The minimum atomic E-state index is -0.146. The van der Waals surface area contributed by atoms with Crippen LogP contribution < -0.4 is 4.74 Å². The number of aliphatic hydroxyl groups excluding tert-OH is 1. The highest BCUT2D eigenvalue weighted by Gasteiger charge is 2.53. The summed E-state index contributed by atoms with van der Waals surface area (Å²) in [6.07, 6.45) is 2.39. The Morgan fingerprint density at radius 3 is 2.55 bits per heavy atom. The summed E-state index contributed by atoms with van der Waals surface area (Å²) in [7, 11) is 1.68. The van der Waals surface area contributed by atoms with Crippen molar-refractivity contribution in [1.29, 1.82) is 0 Å². The topological polar surface area (TPSA) is 38.7 Å². The van der Waals surface area contributed by atoms with Gasteiger partial charge in [0.2, 0.25) is 0 Å². The van der Waals surface area contributed by atoms with Crippen LogP contribution in [0.5, 0.6) is 5.75 Å².